The molecular formula is C24H21N8O2+. The summed E-state index contributed by atoms with van der Waals surface area (Å²) in [5.74, 6) is 0.739. The van der Waals surface area contributed by atoms with Crippen molar-refractivity contribution in [2.24, 2.45) is 0 Å². The van der Waals surface area contributed by atoms with E-state index in [0.29, 0.717) is 22.8 Å². The molecule has 2 aromatic carbocycles. The number of rotatable bonds is 4. The van der Waals surface area contributed by atoms with E-state index in [4.69, 9.17) is 10.2 Å². The minimum atomic E-state index is -0.343. The number of nitrogens with two attached hydrogens (primary N) is 1. The number of hydrogen-bond donors (Lipinski definition) is 3. The largest absolute Gasteiger partial charge is 0.448 e. The number of aryl methyl sites for hydroxylation is 2. The van der Waals surface area contributed by atoms with Gasteiger partial charge in [-0.1, -0.05) is 30.3 Å². The second-order valence-electron chi connectivity index (χ2n) is 8.21. The summed E-state index contributed by atoms with van der Waals surface area (Å²) >= 11 is 0. The van der Waals surface area contributed by atoms with Crippen molar-refractivity contribution in [2.75, 3.05) is 5.73 Å². The van der Waals surface area contributed by atoms with Crippen molar-refractivity contribution in [3.63, 3.8) is 0 Å². The van der Waals surface area contributed by atoms with E-state index in [1.54, 1.807) is 13.1 Å². The summed E-state index contributed by atoms with van der Waals surface area (Å²) in [6.45, 7) is 4.03. The van der Waals surface area contributed by atoms with Crippen molar-refractivity contribution in [2.45, 2.75) is 20.4 Å². The van der Waals surface area contributed by atoms with Gasteiger partial charge in [0.1, 0.15) is 23.7 Å². The Kier molecular flexibility index (Phi) is 4.34. The average Bonchev–Trinajstić information content (AvgIpc) is 3.55. The lowest BCUT2D eigenvalue weighted by Crippen LogP contribution is -2.44. The lowest BCUT2D eigenvalue weighted by Gasteiger charge is -2.10. The lowest BCUT2D eigenvalue weighted by atomic mass is 9.97. The van der Waals surface area contributed by atoms with E-state index in [2.05, 4.69) is 31.3 Å². The summed E-state index contributed by atoms with van der Waals surface area (Å²) in [5, 5.41) is 11.4. The van der Waals surface area contributed by atoms with Crippen LogP contribution in [0.3, 0.4) is 0 Å². The van der Waals surface area contributed by atoms with Crippen LogP contribution in [0.2, 0.25) is 0 Å². The van der Waals surface area contributed by atoms with Gasteiger partial charge in [-0.05, 0) is 37.1 Å². The van der Waals surface area contributed by atoms with Crippen molar-refractivity contribution >= 4 is 22.5 Å². The van der Waals surface area contributed by atoms with Gasteiger partial charge in [-0.25, -0.2) is 14.9 Å². The van der Waals surface area contributed by atoms with Gasteiger partial charge in [0.15, 0.2) is 6.39 Å². The van der Waals surface area contributed by atoms with E-state index in [1.165, 1.54) is 15.5 Å². The zero-order chi connectivity index (χ0) is 23.4. The Bertz CT molecular complexity index is 1740. The van der Waals surface area contributed by atoms with E-state index in [9.17, 15) is 4.79 Å². The fourth-order valence-electron chi connectivity index (χ4n) is 4.35. The molecule has 0 bridgehead atoms. The predicted molar refractivity (Wildman–Crippen MR) is 126 cm³/mol. The predicted octanol–water partition coefficient (Wildman–Crippen LogP) is 2.76. The Labute approximate surface area is 192 Å². The zero-order valence-corrected chi connectivity index (χ0v) is 18.5. The van der Waals surface area contributed by atoms with Crippen molar-refractivity contribution in [3.8, 4) is 22.4 Å². The first kappa shape index (κ1) is 19.9. The van der Waals surface area contributed by atoms with Crippen LogP contribution in [0, 0.1) is 13.8 Å². The monoisotopic (exact) mass is 453 g/mol. The van der Waals surface area contributed by atoms with Crippen LogP contribution in [0.5, 0.6) is 0 Å². The number of oxazole rings is 1. The molecule has 0 saturated heterocycles. The highest BCUT2D eigenvalue weighted by molar-refractivity contribution is 5.94. The Morgan fingerprint density at radius 3 is 2.74 bits per heavy atom. The van der Waals surface area contributed by atoms with Crippen LogP contribution < -0.4 is 15.8 Å². The minimum absolute atomic E-state index is 0.0931. The van der Waals surface area contributed by atoms with Gasteiger partial charge >= 0.3 is 11.6 Å². The minimum Gasteiger partial charge on any atom is -0.448 e. The van der Waals surface area contributed by atoms with Crippen LogP contribution in [0.15, 0.2) is 64.3 Å². The molecule has 0 atom stereocenters. The van der Waals surface area contributed by atoms with Crippen molar-refractivity contribution in [1.82, 2.24) is 29.9 Å². The molecule has 6 aromatic rings. The number of nitrogens with zero attached hydrogens (tertiary/aromatic N) is 5. The molecule has 0 saturated carbocycles. The topological polar surface area (TPSA) is 136 Å². The number of aromatic nitrogens is 7. The number of H-pyrrole nitrogens is 2. The summed E-state index contributed by atoms with van der Waals surface area (Å²) in [4.78, 5) is 22.3. The van der Waals surface area contributed by atoms with Gasteiger partial charge in [-0.2, -0.15) is 9.78 Å². The Hall–Kier alpha value is -4.73. The normalized spacial score (nSPS) is 11.6. The summed E-state index contributed by atoms with van der Waals surface area (Å²) in [6.07, 6.45) is 3.15. The fraction of sp³-hybridized carbons (Fsp3) is 0.125. The molecule has 10 heteroatoms. The number of hydrogen-bond acceptors (Lipinski definition) is 6. The number of nitrogen functional groups attached to an aromatic ring is 1. The highest BCUT2D eigenvalue weighted by Crippen LogP contribution is 2.35. The van der Waals surface area contributed by atoms with Crippen molar-refractivity contribution in [3.05, 3.63) is 82.6 Å². The molecular weight excluding hydrogens is 432 g/mol. The Morgan fingerprint density at radius 2 is 1.97 bits per heavy atom. The molecule has 0 aliphatic heterocycles. The third kappa shape index (κ3) is 2.99. The molecule has 10 nitrogen and oxygen atoms in total. The van der Waals surface area contributed by atoms with E-state index < -0.39 is 0 Å². The highest BCUT2D eigenvalue weighted by atomic mass is 16.3. The van der Waals surface area contributed by atoms with E-state index in [-0.39, 0.29) is 18.2 Å². The number of nitrogens with one attached hydrogen (secondary N) is 2. The van der Waals surface area contributed by atoms with Gasteiger partial charge < -0.3 is 10.2 Å². The highest BCUT2D eigenvalue weighted by Gasteiger charge is 2.26. The van der Waals surface area contributed by atoms with Gasteiger partial charge in [0, 0.05) is 10.9 Å². The average molecular weight is 453 g/mol. The second-order valence-corrected chi connectivity index (χ2v) is 8.21. The zero-order valence-electron chi connectivity index (χ0n) is 18.5. The molecule has 4 heterocycles. The second kappa shape index (κ2) is 7.41. The van der Waals surface area contributed by atoms with Crippen LogP contribution in [-0.4, -0.2) is 29.9 Å². The molecule has 0 unspecified atom stereocenters. The Balaban J connectivity index is 1.69. The maximum absolute atomic E-state index is 13.4. The van der Waals surface area contributed by atoms with Gasteiger partial charge in [0.2, 0.25) is 5.65 Å². The van der Waals surface area contributed by atoms with Crippen LogP contribution in [-0.2, 0) is 6.54 Å². The molecule has 0 aliphatic rings. The van der Waals surface area contributed by atoms with Crippen molar-refractivity contribution in [1.29, 1.82) is 0 Å². The molecule has 0 aliphatic carbocycles. The number of anilines is 1. The van der Waals surface area contributed by atoms with Gasteiger partial charge in [-0.15, -0.1) is 9.38 Å². The van der Waals surface area contributed by atoms with E-state index in [0.717, 1.165) is 33.2 Å². The smallest absolute Gasteiger partial charge is 0.428 e. The molecule has 4 aromatic heterocycles. The standard InChI is InChI=1S/C24H20N8O2/c1-13-8-16(9-17-10-27-29-20(13)17)19-21(15-6-4-3-5-7-15)28-23(25)32-22(19)30-31(24(32)33)11-18-14(2)34-12-26-18/h3-10,12H,11H2,1-2H3,(H3,25,27,28,29,30)/p+1. The molecule has 168 valence electrons. The molecule has 0 spiro atoms. The first-order valence-electron chi connectivity index (χ1n) is 10.7. The van der Waals surface area contributed by atoms with Crippen LogP contribution in [0.25, 0.3) is 38.9 Å². The first-order valence-corrected chi connectivity index (χ1v) is 10.7. The molecule has 0 amide bonds. The molecule has 0 fully saturated rings. The number of fused-ring (bicyclic) bond motifs is 2. The third-order valence-corrected chi connectivity index (χ3v) is 6.05. The SMILES string of the molecule is Cc1ocnc1Cn1[nH]c2c(-c3cc(C)c4[nH]ncc4c3)c(-c3ccccc3)nc(N)[n+]2c1=O. The Morgan fingerprint density at radius 1 is 1.15 bits per heavy atom. The van der Waals surface area contributed by atoms with E-state index >= 15 is 0 Å². The fourth-order valence-corrected chi connectivity index (χ4v) is 4.35. The van der Waals surface area contributed by atoms with Gasteiger partial charge in [0.05, 0.1) is 17.3 Å². The summed E-state index contributed by atoms with van der Waals surface area (Å²) in [5.41, 5.74) is 12.4. The summed E-state index contributed by atoms with van der Waals surface area (Å²) in [7, 11) is 0. The first-order chi connectivity index (χ1) is 16.5. The number of aromatic amines is 2. The van der Waals surface area contributed by atoms with Gasteiger partial charge in [0.25, 0.3) is 0 Å². The van der Waals surface area contributed by atoms with Crippen molar-refractivity contribution < 1.29 is 8.82 Å². The molecule has 34 heavy (non-hydrogen) atoms. The van der Waals surface area contributed by atoms with E-state index in [1.807, 2.05) is 43.3 Å². The van der Waals surface area contributed by atoms with Gasteiger partial charge in [-0.3, -0.25) is 5.10 Å². The van der Waals surface area contributed by atoms with Crippen LogP contribution in [0.1, 0.15) is 17.0 Å². The third-order valence-electron chi connectivity index (χ3n) is 6.05. The van der Waals surface area contributed by atoms with Crippen LogP contribution in [0.4, 0.5) is 5.95 Å². The molecule has 0 radical (unpaired) electrons. The molecule has 4 N–H and O–H groups in total. The maximum atomic E-state index is 13.4. The number of benzene rings is 2. The maximum Gasteiger partial charge on any atom is 0.428 e. The lowest BCUT2D eigenvalue weighted by molar-refractivity contribution is -0.516. The van der Waals surface area contributed by atoms with Crippen LogP contribution >= 0.6 is 0 Å². The summed E-state index contributed by atoms with van der Waals surface area (Å²) < 4.78 is 8.15. The molecule has 6 rings (SSSR count). The summed E-state index contributed by atoms with van der Waals surface area (Å²) in [6, 6.07) is 13.9. The quantitative estimate of drug-likeness (QED) is 0.351.